The second-order valence-electron chi connectivity index (χ2n) is 2.24. The number of halogens is 3. The van der Waals surface area contributed by atoms with Gasteiger partial charge in [-0.3, -0.25) is 0 Å². The quantitative estimate of drug-likeness (QED) is 0.779. The molecule has 12 heavy (non-hydrogen) atoms. The molecule has 1 atom stereocenters. The van der Waals surface area contributed by atoms with E-state index in [4.69, 9.17) is 5.73 Å². The van der Waals surface area contributed by atoms with Gasteiger partial charge < -0.3 is 5.73 Å². The molecule has 2 nitrogen and oxygen atoms in total. The monoisotopic (exact) mass is 358 g/mol. The van der Waals surface area contributed by atoms with Crippen LogP contribution in [-0.4, -0.2) is 4.98 Å². The van der Waals surface area contributed by atoms with Crippen molar-refractivity contribution in [2.75, 3.05) is 5.73 Å². The lowest BCUT2D eigenvalue weighted by molar-refractivity contribution is 1.09. The first kappa shape index (κ1) is 12.4. The SMILES string of the molecule is Br.CC(Br)c1cc(Br)cnc1N. The van der Waals surface area contributed by atoms with Crippen LogP contribution in [-0.2, 0) is 0 Å². The largest absolute Gasteiger partial charge is 0.383 e. The van der Waals surface area contributed by atoms with Crippen LogP contribution in [0.4, 0.5) is 5.82 Å². The van der Waals surface area contributed by atoms with Crippen molar-refractivity contribution in [3.63, 3.8) is 0 Å². The van der Waals surface area contributed by atoms with Crippen LogP contribution in [0.3, 0.4) is 0 Å². The zero-order valence-corrected chi connectivity index (χ0v) is 11.3. The van der Waals surface area contributed by atoms with Gasteiger partial charge in [0, 0.05) is 21.1 Å². The topological polar surface area (TPSA) is 38.9 Å². The summed E-state index contributed by atoms with van der Waals surface area (Å²) in [5, 5.41) is 0. The van der Waals surface area contributed by atoms with E-state index >= 15 is 0 Å². The molecule has 0 amide bonds. The first-order valence-electron chi connectivity index (χ1n) is 3.16. The van der Waals surface area contributed by atoms with Crippen LogP contribution in [0.5, 0.6) is 0 Å². The maximum absolute atomic E-state index is 5.63. The zero-order chi connectivity index (χ0) is 8.43. The highest BCUT2D eigenvalue weighted by atomic mass is 79.9. The third-order valence-corrected chi connectivity index (χ3v) is 2.27. The molecule has 1 rings (SSSR count). The van der Waals surface area contributed by atoms with Gasteiger partial charge in [-0.25, -0.2) is 4.98 Å². The van der Waals surface area contributed by atoms with E-state index in [-0.39, 0.29) is 21.8 Å². The van der Waals surface area contributed by atoms with E-state index in [2.05, 4.69) is 36.8 Å². The molecule has 0 aromatic carbocycles. The molecule has 0 radical (unpaired) electrons. The van der Waals surface area contributed by atoms with E-state index < -0.39 is 0 Å². The smallest absolute Gasteiger partial charge is 0.127 e. The molecule has 0 saturated carbocycles. The number of nitrogens with two attached hydrogens (primary N) is 1. The summed E-state index contributed by atoms with van der Waals surface area (Å²) in [6.45, 7) is 2.01. The molecule has 0 bridgehead atoms. The molecule has 5 heteroatoms. The zero-order valence-electron chi connectivity index (χ0n) is 6.42. The van der Waals surface area contributed by atoms with Gasteiger partial charge in [0.25, 0.3) is 0 Å². The first-order valence-corrected chi connectivity index (χ1v) is 4.87. The van der Waals surface area contributed by atoms with E-state index in [0.717, 1.165) is 10.0 Å². The predicted molar refractivity (Wildman–Crippen MR) is 64.0 cm³/mol. The summed E-state index contributed by atoms with van der Waals surface area (Å²) in [6.07, 6.45) is 1.69. The fourth-order valence-corrected chi connectivity index (χ4v) is 1.50. The van der Waals surface area contributed by atoms with Crippen molar-refractivity contribution >= 4 is 54.7 Å². The summed E-state index contributed by atoms with van der Waals surface area (Å²) in [5.41, 5.74) is 6.64. The number of rotatable bonds is 1. The number of aromatic nitrogens is 1. The molecule has 0 aliphatic heterocycles. The van der Waals surface area contributed by atoms with Gasteiger partial charge in [0.05, 0.1) is 0 Å². The molecule has 0 spiro atoms. The van der Waals surface area contributed by atoms with Gasteiger partial charge in [-0.1, -0.05) is 15.9 Å². The van der Waals surface area contributed by atoms with Gasteiger partial charge in [-0.2, -0.15) is 0 Å². The normalized spacial score (nSPS) is 11.9. The molecule has 1 heterocycles. The molecule has 1 aromatic rings. The molecule has 0 fully saturated rings. The fourth-order valence-electron chi connectivity index (χ4n) is 0.784. The second-order valence-corrected chi connectivity index (χ2v) is 4.53. The van der Waals surface area contributed by atoms with Gasteiger partial charge in [0.15, 0.2) is 0 Å². The standard InChI is InChI=1S/C7H8Br2N2.BrH/c1-4(8)6-2-5(9)3-11-7(6)10;/h2-4H,1H3,(H2,10,11);1H. The van der Waals surface area contributed by atoms with Crippen LogP contribution in [0.1, 0.15) is 17.3 Å². The van der Waals surface area contributed by atoms with E-state index in [9.17, 15) is 0 Å². The third-order valence-electron chi connectivity index (χ3n) is 1.34. The summed E-state index contributed by atoms with van der Waals surface area (Å²) >= 11 is 6.75. The van der Waals surface area contributed by atoms with Crippen LogP contribution < -0.4 is 5.73 Å². The minimum absolute atomic E-state index is 0. The summed E-state index contributed by atoms with van der Waals surface area (Å²) in [4.78, 5) is 4.24. The minimum Gasteiger partial charge on any atom is -0.383 e. The van der Waals surface area contributed by atoms with Crippen LogP contribution in [0, 0.1) is 0 Å². The van der Waals surface area contributed by atoms with Crippen LogP contribution in [0.2, 0.25) is 0 Å². The molecule has 0 saturated heterocycles. The minimum atomic E-state index is 0. The fraction of sp³-hybridized carbons (Fsp3) is 0.286. The van der Waals surface area contributed by atoms with E-state index in [1.54, 1.807) is 6.20 Å². The lowest BCUT2D eigenvalue weighted by Crippen LogP contribution is -1.97. The summed E-state index contributed by atoms with van der Waals surface area (Å²) < 4.78 is 0.952. The maximum atomic E-state index is 5.63. The van der Waals surface area contributed by atoms with Gasteiger partial charge >= 0.3 is 0 Å². The Balaban J connectivity index is 0.00000121. The number of pyridine rings is 1. The predicted octanol–water partition coefficient (Wildman–Crippen LogP) is 3.46. The Kier molecular flexibility index (Phi) is 5.36. The third kappa shape index (κ3) is 3.03. The van der Waals surface area contributed by atoms with Crippen molar-refractivity contribution in [1.29, 1.82) is 0 Å². The Morgan fingerprint density at radius 1 is 1.58 bits per heavy atom. The summed E-state index contributed by atoms with van der Waals surface area (Å²) in [7, 11) is 0. The number of nitrogens with zero attached hydrogens (tertiary/aromatic N) is 1. The Bertz CT molecular complexity index is 263. The number of nitrogen functional groups attached to an aromatic ring is 1. The average molecular weight is 361 g/mol. The van der Waals surface area contributed by atoms with Crippen molar-refractivity contribution in [2.45, 2.75) is 11.8 Å². The highest BCUT2D eigenvalue weighted by molar-refractivity contribution is 9.10. The van der Waals surface area contributed by atoms with Crippen LogP contribution >= 0.6 is 48.8 Å². The molecular formula is C7H9Br3N2. The molecule has 68 valence electrons. The highest BCUT2D eigenvalue weighted by Gasteiger charge is 2.06. The number of hydrogen-bond donors (Lipinski definition) is 1. The van der Waals surface area contributed by atoms with Crippen molar-refractivity contribution in [1.82, 2.24) is 4.98 Å². The summed E-state index contributed by atoms with van der Waals surface area (Å²) in [6, 6.07) is 1.96. The number of anilines is 1. The lowest BCUT2D eigenvalue weighted by atomic mass is 10.2. The molecular weight excluding hydrogens is 352 g/mol. The van der Waals surface area contributed by atoms with Crippen molar-refractivity contribution in [2.24, 2.45) is 0 Å². The Labute approximate surface area is 99.0 Å². The lowest BCUT2D eigenvalue weighted by Gasteiger charge is -2.06. The molecule has 0 aliphatic rings. The Morgan fingerprint density at radius 3 is 2.58 bits per heavy atom. The second kappa shape index (κ2) is 5.19. The maximum Gasteiger partial charge on any atom is 0.127 e. The summed E-state index contributed by atoms with van der Waals surface area (Å²) in [5.74, 6) is 0.581. The molecule has 0 aliphatic carbocycles. The van der Waals surface area contributed by atoms with Crippen molar-refractivity contribution in [3.8, 4) is 0 Å². The van der Waals surface area contributed by atoms with E-state index in [0.29, 0.717) is 5.82 Å². The number of hydrogen-bond acceptors (Lipinski definition) is 2. The van der Waals surface area contributed by atoms with Gasteiger partial charge in [-0.15, -0.1) is 17.0 Å². The molecule has 1 aromatic heterocycles. The van der Waals surface area contributed by atoms with Crippen molar-refractivity contribution in [3.05, 3.63) is 22.3 Å². The van der Waals surface area contributed by atoms with E-state index in [1.807, 2.05) is 13.0 Å². The van der Waals surface area contributed by atoms with E-state index in [1.165, 1.54) is 0 Å². The van der Waals surface area contributed by atoms with Crippen LogP contribution in [0.15, 0.2) is 16.7 Å². The molecule has 2 N–H and O–H groups in total. The number of alkyl halides is 1. The Hall–Kier alpha value is 0.390. The van der Waals surface area contributed by atoms with Crippen molar-refractivity contribution < 1.29 is 0 Å². The highest BCUT2D eigenvalue weighted by Crippen LogP contribution is 2.27. The van der Waals surface area contributed by atoms with Gasteiger partial charge in [-0.05, 0) is 28.9 Å². The van der Waals surface area contributed by atoms with Gasteiger partial charge in [0.2, 0.25) is 0 Å². The first-order chi connectivity index (χ1) is 5.11. The molecule has 1 unspecified atom stereocenters. The Morgan fingerprint density at radius 2 is 2.17 bits per heavy atom. The van der Waals surface area contributed by atoms with Gasteiger partial charge in [0.1, 0.15) is 5.82 Å². The average Bonchev–Trinajstić information content (AvgIpc) is 1.94. The van der Waals surface area contributed by atoms with Crippen LogP contribution in [0.25, 0.3) is 0 Å².